The van der Waals surface area contributed by atoms with E-state index in [9.17, 15) is 8.78 Å². The van der Waals surface area contributed by atoms with Gasteiger partial charge < -0.3 is 20.7 Å². The topological polar surface area (TPSA) is 92.4 Å². The van der Waals surface area contributed by atoms with Crippen molar-refractivity contribution in [2.75, 3.05) is 43.4 Å². The van der Waals surface area contributed by atoms with Crippen molar-refractivity contribution in [3.8, 4) is 17.1 Å². The van der Waals surface area contributed by atoms with Crippen molar-refractivity contribution in [1.82, 2.24) is 25.2 Å². The Morgan fingerprint density at radius 3 is 2.70 bits per heavy atom. The number of piperazine rings is 1. The number of nitrogens with one attached hydrogen (secondary N) is 1. The molecule has 2 aromatic carbocycles. The van der Waals surface area contributed by atoms with Crippen molar-refractivity contribution in [2.45, 2.75) is 55.9 Å². The van der Waals surface area contributed by atoms with Crippen molar-refractivity contribution >= 4 is 45.0 Å². The molecule has 0 amide bonds. The van der Waals surface area contributed by atoms with Gasteiger partial charge in [0.05, 0.1) is 16.1 Å². The molecule has 2 unspecified atom stereocenters. The molecule has 8 rings (SSSR count). The summed E-state index contributed by atoms with van der Waals surface area (Å²) in [5, 5.41) is 4.71. The van der Waals surface area contributed by atoms with Gasteiger partial charge in [-0.2, -0.15) is 9.97 Å². The SMILES string of the molecule is Nc1nc2c(-c3c(Cl)cc4c(N5CC6CCC(C5)N6)nc(OC[C@@]56CCCN5C[C@H](F)C6)nc4c3F)cccc2cc1F. The summed E-state index contributed by atoms with van der Waals surface area (Å²) in [5.41, 5.74) is 6.24. The van der Waals surface area contributed by atoms with Crippen LogP contribution in [0.3, 0.4) is 0 Å². The number of benzene rings is 2. The van der Waals surface area contributed by atoms with E-state index >= 15 is 4.39 Å². The van der Waals surface area contributed by atoms with Crippen molar-refractivity contribution in [2.24, 2.45) is 0 Å². The maximum absolute atomic E-state index is 16.8. The van der Waals surface area contributed by atoms with E-state index in [0.29, 0.717) is 65.8 Å². The van der Waals surface area contributed by atoms with Crippen LogP contribution in [0.5, 0.6) is 6.01 Å². The fourth-order valence-electron chi connectivity index (χ4n) is 7.72. The monoisotopic (exact) mass is 609 g/mol. The maximum atomic E-state index is 16.8. The number of para-hydroxylation sites is 1. The number of rotatable bonds is 5. The van der Waals surface area contributed by atoms with Gasteiger partial charge in [0.1, 0.15) is 24.1 Å². The van der Waals surface area contributed by atoms with Gasteiger partial charge in [-0.25, -0.2) is 18.2 Å². The predicted octanol–water partition coefficient (Wildman–Crippen LogP) is 5.25. The largest absolute Gasteiger partial charge is 0.461 e. The van der Waals surface area contributed by atoms with Crippen LogP contribution in [0.1, 0.15) is 32.1 Å². The van der Waals surface area contributed by atoms with Crippen molar-refractivity contribution in [1.29, 1.82) is 0 Å². The Morgan fingerprint density at radius 2 is 1.88 bits per heavy atom. The van der Waals surface area contributed by atoms with Crippen LogP contribution < -0.4 is 20.7 Å². The van der Waals surface area contributed by atoms with Crippen LogP contribution in [-0.2, 0) is 0 Å². The lowest BCUT2D eigenvalue weighted by Crippen LogP contribution is -2.51. The Balaban J connectivity index is 1.27. The maximum Gasteiger partial charge on any atom is 0.319 e. The summed E-state index contributed by atoms with van der Waals surface area (Å²) in [6.45, 7) is 2.89. The highest BCUT2D eigenvalue weighted by Gasteiger charge is 2.49. The number of halogens is 4. The average molecular weight is 610 g/mol. The normalized spacial score (nSPS) is 27.0. The highest BCUT2D eigenvalue weighted by Crippen LogP contribution is 2.43. The van der Waals surface area contributed by atoms with Crippen molar-refractivity contribution in [3.63, 3.8) is 0 Å². The second kappa shape index (κ2) is 10.1. The van der Waals surface area contributed by atoms with Crippen LogP contribution in [0, 0.1) is 11.6 Å². The van der Waals surface area contributed by atoms with Gasteiger partial charge in [0.15, 0.2) is 17.5 Å². The van der Waals surface area contributed by atoms with Gasteiger partial charge in [-0.15, -0.1) is 0 Å². The number of fused-ring (bicyclic) bond motifs is 5. The van der Waals surface area contributed by atoms with E-state index < -0.39 is 23.3 Å². The van der Waals surface area contributed by atoms with Crippen molar-refractivity contribution in [3.05, 3.63) is 47.0 Å². The van der Waals surface area contributed by atoms with Gasteiger partial charge in [-0.3, -0.25) is 4.90 Å². The Labute approximate surface area is 251 Å². The number of aromatic nitrogens is 3. The number of hydrogen-bond donors (Lipinski definition) is 2. The average Bonchev–Trinajstić information content (AvgIpc) is 3.63. The van der Waals surface area contributed by atoms with Crippen LogP contribution >= 0.6 is 11.6 Å². The highest BCUT2D eigenvalue weighted by atomic mass is 35.5. The molecular formula is C31H31ClF3N7O. The second-order valence-electron chi connectivity index (χ2n) is 12.4. The Kier molecular flexibility index (Phi) is 6.36. The third kappa shape index (κ3) is 4.46. The third-order valence-electron chi connectivity index (χ3n) is 9.68. The van der Waals surface area contributed by atoms with Gasteiger partial charge in [0.2, 0.25) is 0 Å². The van der Waals surface area contributed by atoms with Gasteiger partial charge in [-0.1, -0.05) is 29.8 Å². The van der Waals surface area contributed by atoms with E-state index in [-0.39, 0.29) is 34.5 Å². The summed E-state index contributed by atoms with van der Waals surface area (Å²) in [4.78, 5) is 18.0. The quantitative estimate of drug-likeness (QED) is 0.317. The molecule has 8 nitrogen and oxygen atoms in total. The fraction of sp³-hybridized carbons (Fsp3) is 0.452. The number of hydrogen-bond acceptors (Lipinski definition) is 8. The van der Waals surface area contributed by atoms with Crippen molar-refractivity contribution < 1.29 is 17.9 Å². The van der Waals surface area contributed by atoms with E-state index in [0.717, 1.165) is 32.2 Å². The minimum Gasteiger partial charge on any atom is -0.461 e. The molecule has 0 radical (unpaired) electrons. The standard InChI is InChI=1S/C31H31ClF3N7O/c32-22-10-21-27(25(35)24(22)20-4-1-3-16-9-23(34)28(36)38-26(16)20)39-30(40-29(21)41-13-18-5-6-19(14-41)37-18)43-15-31-7-2-8-42(31)12-17(33)11-31/h1,3-4,9-10,17-19,37H,2,5-8,11-15H2,(H2,36,38)/t17-,18?,19?,31+/m1/s1. The van der Waals surface area contributed by atoms with Gasteiger partial charge >= 0.3 is 6.01 Å². The summed E-state index contributed by atoms with van der Waals surface area (Å²) >= 11 is 6.82. The van der Waals surface area contributed by atoms with Crippen LogP contribution in [0.4, 0.5) is 24.8 Å². The van der Waals surface area contributed by atoms with E-state index in [2.05, 4.69) is 25.1 Å². The van der Waals surface area contributed by atoms with Crippen LogP contribution in [0.25, 0.3) is 32.9 Å². The molecule has 2 bridgehead atoms. The highest BCUT2D eigenvalue weighted by molar-refractivity contribution is 6.35. The summed E-state index contributed by atoms with van der Waals surface area (Å²) < 4.78 is 51.6. The fourth-order valence-corrected chi connectivity index (χ4v) is 8.01. The zero-order chi connectivity index (χ0) is 29.5. The lowest BCUT2D eigenvalue weighted by atomic mass is 9.95. The number of alkyl halides is 1. The third-order valence-corrected chi connectivity index (χ3v) is 9.98. The first kappa shape index (κ1) is 27.2. The van der Waals surface area contributed by atoms with Gasteiger partial charge in [0, 0.05) is 60.0 Å². The van der Waals surface area contributed by atoms with E-state index in [1.54, 1.807) is 24.3 Å². The summed E-state index contributed by atoms with van der Waals surface area (Å²) in [6, 6.07) is 8.68. The first-order chi connectivity index (χ1) is 20.8. The van der Waals surface area contributed by atoms with Crippen LogP contribution in [-0.4, -0.2) is 76.4 Å². The molecule has 3 N–H and O–H groups in total. The molecule has 6 heterocycles. The molecular weight excluding hydrogens is 579 g/mol. The molecule has 0 aliphatic carbocycles. The van der Waals surface area contributed by atoms with E-state index in [1.165, 1.54) is 6.07 Å². The lowest BCUT2D eigenvalue weighted by Gasteiger charge is -2.34. The minimum absolute atomic E-state index is 0.0476. The predicted molar refractivity (Wildman–Crippen MR) is 160 cm³/mol. The minimum atomic E-state index is -0.896. The van der Waals surface area contributed by atoms with Gasteiger partial charge in [0.25, 0.3) is 0 Å². The molecule has 4 aliphatic heterocycles. The number of ether oxygens (including phenoxy) is 1. The Bertz CT molecular complexity index is 1760. The molecule has 2 aromatic heterocycles. The lowest BCUT2D eigenvalue weighted by molar-refractivity contribution is 0.107. The molecule has 4 saturated heterocycles. The van der Waals surface area contributed by atoms with Crippen LogP contribution in [0.2, 0.25) is 5.02 Å². The molecule has 4 aliphatic rings. The summed E-state index contributed by atoms with van der Waals surface area (Å²) in [6.07, 6.45) is 3.45. The molecule has 0 saturated carbocycles. The second-order valence-corrected chi connectivity index (χ2v) is 12.8. The van der Waals surface area contributed by atoms with E-state index in [1.807, 2.05) is 0 Å². The smallest absolute Gasteiger partial charge is 0.319 e. The molecule has 4 aromatic rings. The number of nitrogen functional groups attached to an aromatic ring is 1. The summed E-state index contributed by atoms with van der Waals surface area (Å²) in [5.74, 6) is -1.03. The summed E-state index contributed by atoms with van der Waals surface area (Å²) in [7, 11) is 0. The molecule has 224 valence electrons. The first-order valence-electron chi connectivity index (χ1n) is 14.9. The van der Waals surface area contributed by atoms with E-state index in [4.69, 9.17) is 27.1 Å². The first-order valence-corrected chi connectivity index (χ1v) is 15.2. The Morgan fingerprint density at radius 1 is 1.07 bits per heavy atom. The molecule has 4 fully saturated rings. The molecule has 4 atom stereocenters. The van der Waals surface area contributed by atoms with Gasteiger partial charge in [-0.05, 0) is 44.4 Å². The van der Waals surface area contributed by atoms with Crippen LogP contribution in [0.15, 0.2) is 30.3 Å². The number of anilines is 2. The molecule has 0 spiro atoms. The zero-order valence-corrected chi connectivity index (χ0v) is 24.2. The molecule has 12 heteroatoms. The number of pyridine rings is 1. The number of nitrogens with two attached hydrogens (primary N) is 1. The molecule has 43 heavy (non-hydrogen) atoms. The number of nitrogens with zero attached hydrogens (tertiary/aromatic N) is 5. The Hall–Kier alpha value is -3.41. The zero-order valence-electron chi connectivity index (χ0n) is 23.4.